The van der Waals surface area contributed by atoms with Crippen molar-refractivity contribution < 1.29 is 14.3 Å². The zero-order valence-electron chi connectivity index (χ0n) is 8.82. The highest BCUT2D eigenvalue weighted by Crippen LogP contribution is 2.21. The smallest absolute Gasteiger partial charge is 0.253 e. The molecule has 0 aliphatic carbocycles. The number of nitrogens with one attached hydrogen (secondary N) is 1. The average molecular weight is 280 g/mol. The number of carbonyl (C=O) groups is 1. The lowest BCUT2D eigenvalue weighted by Gasteiger charge is -2.21. The van der Waals surface area contributed by atoms with Gasteiger partial charge in [-0.1, -0.05) is 53.5 Å². The van der Waals surface area contributed by atoms with E-state index in [4.69, 9.17) is 28.3 Å². The van der Waals surface area contributed by atoms with Crippen molar-refractivity contribution in [3.63, 3.8) is 0 Å². The van der Waals surface area contributed by atoms with Crippen molar-refractivity contribution in [3.8, 4) is 0 Å². The Morgan fingerprint density at radius 2 is 1.94 bits per heavy atom. The summed E-state index contributed by atoms with van der Waals surface area (Å²) in [5.74, 6) is -0.731. The van der Waals surface area contributed by atoms with E-state index < -0.39 is 29.6 Å². The third-order valence-corrected chi connectivity index (χ3v) is 2.59. The van der Waals surface area contributed by atoms with Gasteiger partial charge in [-0.25, -0.2) is 4.39 Å². The molecule has 0 saturated heterocycles. The fourth-order valence-electron chi connectivity index (χ4n) is 1.33. The van der Waals surface area contributed by atoms with Crippen molar-refractivity contribution in [2.75, 3.05) is 6.61 Å². The Morgan fingerprint density at radius 3 is 2.41 bits per heavy atom. The monoisotopic (exact) mass is 279 g/mol. The predicted molar refractivity (Wildman–Crippen MR) is 64.8 cm³/mol. The second-order valence-corrected chi connectivity index (χ2v) is 4.51. The van der Waals surface area contributed by atoms with Gasteiger partial charge in [0, 0.05) is 0 Å². The summed E-state index contributed by atoms with van der Waals surface area (Å²) < 4.78 is 14.0. The number of benzene rings is 1. The van der Waals surface area contributed by atoms with Gasteiger partial charge in [0.2, 0.25) is 0 Å². The molecule has 3 nitrogen and oxygen atoms in total. The molecule has 1 aromatic rings. The van der Waals surface area contributed by atoms with E-state index >= 15 is 0 Å². The summed E-state index contributed by atoms with van der Waals surface area (Å²) in [5.41, 5.74) is 0.368. The molecule has 0 bridgehead atoms. The maximum absolute atomic E-state index is 14.0. The third kappa shape index (κ3) is 4.15. The van der Waals surface area contributed by atoms with Crippen LogP contribution in [0.4, 0.5) is 4.39 Å². The molecule has 2 atom stereocenters. The van der Waals surface area contributed by atoms with Crippen molar-refractivity contribution in [3.05, 3.63) is 35.9 Å². The third-order valence-electron chi connectivity index (χ3n) is 2.19. The van der Waals surface area contributed by atoms with Crippen LogP contribution in [-0.4, -0.2) is 28.5 Å². The van der Waals surface area contributed by atoms with Crippen LogP contribution in [0, 0.1) is 0 Å². The minimum absolute atomic E-state index is 0.368. The molecule has 1 aromatic carbocycles. The molecular weight excluding hydrogens is 268 g/mol. The largest absolute Gasteiger partial charge is 0.394 e. The van der Waals surface area contributed by atoms with Gasteiger partial charge < -0.3 is 10.4 Å². The molecule has 0 aromatic heterocycles. The van der Waals surface area contributed by atoms with Gasteiger partial charge in [0.1, 0.15) is 6.17 Å². The number of halogens is 3. The Kier molecular flexibility index (Phi) is 5.68. The molecule has 94 valence electrons. The zero-order valence-corrected chi connectivity index (χ0v) is 10.3. The van der Waals surface area contributed by atoms with E-state index in [1.807, 2.05) is 0 Å². The number of alkyl halides is 3. The van der Waals surface area contributed by atoms with E-state index in [0.29, 0.717) is 5.56 Å². The van der Waals surface area contributed by atoms with Crippen LogP contribution in [0.15, 0.2) is 30.3 Å². The van der Waals surface area contributed by atoms with E-state index in [1.54, 1.807) is 30.3 Å². The van der Waals surface area contributed by atoms with Crippen LogP contribution in [0.1, 0.15) is 11.7 Å². The van der Waals surface area contributed by atoms with Gasteiger partial charge in [-0.2, -0.15) is 0 Å². The number of aliphatic hydroxyl groups is 1. The number of rotatable bonds is 5. The van der Waals surface area contributed by atoms with Gasteiger partial charge in [0.05, 0.1) is 12.6 Å². The van der Waals surface area contributed by atoms with Crippen LogP contribution in [0.3, 0.4) is 0 Å². The maximum Gasteiger partial charge on any atom is 0.253 e. The summed E-state index contributed by atoms with van der Waals surface area (Å²) in [4.78, 5) is 9.91. The normalized spacial score (nSPS) is 14.4. The molecule has 1 rings (SSSR count). The molecule has 6 heteroatoms. The zero-order chi connectivity index (χ0) is 12.8. The molecule has 0 radical (unpaired) electrons. The van der Waals surface area contributed by atoms with Gasteiger partial charge in [-0.3, -0.25) is 4.79 Å². The SMILES string of the molecule is O=C(NC(CO)C(F)c1ccccc1)C(Cl)Cl. The van der Waals surface area contributed by atoms with Gasteiger partial charge in [-0.15, -0.1) is 0 Å². The summed E-state index contributed by atoms with van der Waals surface area (Å²) in [6.45, 7) is -0.539. The van der Waals surface area contributed by atoms with Gasteiger partial charge >= 0.3 is 0 Å². The summed E-state index contributed by atoms with van der Waals surface area (Å²) in [7, 11) is 0. The molecule has 2 N–H and O–H groups in total. The number of aliphatic hydroxyl groups excluding tert-OH is 1. The molecule has 0 spiro atoms. The summed E-state index contributed by atoms with van der Waals surface area (Å²) in [5, 5.41) is 11.3. The minimum atomic E-state index is -1.52. The van der Waals surface area contributed by atoms with Crippen molar-refractivity contribution in [2.24, 2.45) is 0 Å². The second kappa shape index (κ2) is 6.79. The van der Waals surface area contributed by atoms with Crippen LogP contribution in [0.5, 0.6) is 0 Å². The van der Waals surface area contributed by atoms with E-state index in [9.17, 15) is 9.18 Å². The number of amides is 1. The van der Waals surface area contributed by atoms with Gasteiger partial charge in [0.25, 0.3) is 5.91 Å². The lowest BCUT2D eigenvalue weighted by atomic mass is 10.0. The fraction of sp³-hybridized carbons (Fsp3) is 0.364. The van der Waals surface area contributed by atoms with Crippen molar-refractivity contribution in [2.45, 2.75) is 17.0 Å². The van der Waals surface area contributed by atoms with Crippen molar-refractivity contribution in [1.82, 2.24) is 5.32 Å². The molecule has 0 aliphatic heterocycles. The first-order valence-corrected chi connectivity index (χ1v) is 5.82. The Bertz CT molecular complexity index is 362. The molecule has 17 heavy (non-hydrogen) atoms. The minimum Gasteiger partial charge on any atom is -0.394 e. The summed E-state index contributed by atoms with van der Waals surface area (Å²) in [6.07, 6.45) is -1.52. The maximum atomic E-state index is 14.0. The molecule has 0 saturated carbocycles. The molecule has 0 fully saturated rings. The van der Waals surface area contributed by atoms with Crippen molar-refractivity contribution >= 4 is 29.1 Å². The van der Waals surface area contributed by atoms with E-state index in [0.717, 1.165) is 0 Å². The van der Waals surface area contributed by atoms with Crippen LogP contribution >= 0.6 is 23.2 Å². The van der Waals surface area contributed by atoms with Gasteiger partial charge in [0.15, 0.2) is 4.84 Å². The molecule has 1 amide bonds. The Labute approximate surface area is 109 Å². The first-order chi connectivity index (χ1) is 8.06. The number of hydrogen-bond donors (Lipinski definition) is 2. The van der Waals surface area contributed by atoms with E-state index in [2.05, 4.69) is 5.32 Å². The van der Waals surface area contributed by atoms with Gasteiger partial charge in [-0.05, 0) is 5.56 Å². The fourth-order valence-corrected chi connectivity index (χ4v) is 1.45. The van der Waals surface area contributed by atoms with Crippen LogP contribution in [0.25, 0.3) is 0 Å². The molecule has 2 unspecified atom stereocenters. The quantitative estimate of drug-likeness (QED) is 0.810. The second-order valence-electron chi connectivity index (χ2n) is 3.41. The first kappa shape index (κ1) is 14.2. The molecule has 0 aliphatic rings. The van der Waals surface area contributed by atoms with E-state index in [1.165, 1.54) is 0 Å². The van der Waals surface area contributed by atoms with Crippen molar-refractivity contribution in [1.29, 1.82) is 0 Å². The molecular formula is C11H12Cl2FNO2. The lowest BCUT2D eigenvalue weighted by Crippen LogP contribution is -2.43. The van der Waals surface area contributed by atoms with Crippen LogP contribution in [0.2, 0.25) is 0 Å². The summed E-state index contributed by atoms with van der Waals surface area (Å²) in [6, 6.07) is 7.16. The topological polar surface area (TPSA) is 49.3 Å². The average Bonchev–Trinajstić information content (AvgIpc) is 2.35. The predicted octanol–water partition coefficient (Wildman–Crippen LogP) is 1.98. The number of hydrogen-bond acceptors (Lipinski definition) is 2. The Morgan fingerprint density at radius 1 is 1.35 bits per heavy atom. The Hall–Kier alpha value is -0.840. The highest BCUT2D eigenvalue weighted by molar-refractivity contribution is 6.53. The number of carbonyl (C=O) groups excluding carboxylic acids is 1. The first-order valence-electron chi connectivity index (χ1n) is 4.94. The molecule has 0 heterocycles. The van der Waals surface area contributed by atoms with Crippen LogP contribution in [-0.2, 0) is 4.79 Å². The highest BCUT2D eigenvalue weighted by Gasteiger charge is 2.25. The highest BCUT2D eigenvalue weighted by atomic mass is 35.5. The van der Waals surface area contributed by atoms with Crippen LogP contribution < -0.4 is 5.32 Å². The summed E-state index contributed by atoms with van der Waals surface area (Å²) >= 11 is 10.7. The lowest BCUT2D eigenvalue weighted by molar-refractivity contribution is -0.121. The Balaban J connectivity index is 2.71. The standard InChI is InChI=1S/C11H12Cl2FNO2/c12-10(13)11(17)15-8(6-16)9(14)7-4-2-1-3-5-7/h1-5,8-10,16H,6H2,(H,15,17). The van der Waals surface area contributed by atoms with E-state index in [-0.39, 0.29) is 0 Å².